The number of aromatic nitrogens is 2. The molecule has 0 saturated heterocycles. The van der Waals surface area contributed by atoms with Gasteiger partial charge in [-0.3, -0.25) is 19.2 Å². The van der Waals surface area contributed by atoms with E-state index in [1.165, 1.54) is 22.7 Å². The molecule has 322 valence electrons. The minimum absolute atomic E-state index is 0.0238. The minimum Gasteiger partial charge on any atom is -0.481 e. The molecule has 8 nitrogen and oxygen atoms in total. The molecule has 2 aromatic heterocycles. The maximum Gasteiger partial charge on any atom is 0.197 e. The van der Waals surface area contributed by atoms with Crippen LogP contribution in [0.1, 0.15) is 137 Å². The van der Waals surface area contributed by atoms with E-state index in [0.717, 1.165) is 130 Å². The molecule has 2 unspecified atom stereocenters. The Hall–Kier alpha value is -6.62. The van der Waals surface area contributed by atoms with E-state index in [1.807, 2.05) is 72.8 Å². The van der Waals surface area contributed by atoms with Crippen molar-refractivity contribution in [3.63, 3.8) is 0 Å². The van der Waals surface area contributed by atoms with Gasteiger partial charge in [0.15, 0.2) is 34.3 Å². The van der Waals surface area contributed by atoms with Gasteiger partial charge in [-0.15, -0.1) is 22.7 Å². The first kappa shape index (κ1) is 38.6. The number of nitrogens with zero attached hydrogens (tertiary/aromatic N) is 2. The number of fused-ring (bicyclic) bond motifs is 13. The molecule has 2 saturated carbocycles. The smallest absolute Gasteiger partial charge is 0.197 e. The van der Waals surface area contributed by atoms with Crippen molar-refractivity contribution in [2.45, 2.75) is 75.4 Å². The van der Waals surface area contributed by atoms with Crippen LogP contribution in [-0.4, -0.2) is 33.1 Å². The second-order valence-corrected chi connectivity index (χ2v) is 21.1. The van der Waals surface area contributed by atoms with Crippen molar-refractivity contribution in [1.29, 1.82) is 0 Å². The molecule has 2 spiro atoms. The molecule has 0 bridgehead atoms. The fourth-order valence-electron chi connectivity index (χ4n) is 11.9. The van der Waals surface area contributed by atoms with Crippen molar-refractivity contribution in [3.8, 4) is 0 Å². The summed E-state index contributed by atoms with van der Waals surface area (Å²) in [4.78, 5) is 68.0. The first-order valence-corrected chi connectivity index (χ1v) is 24.8. The third kappa shape index (κ3) is 5.54. The summed E-state index contributed by atoms with van der Waals surface area (Å²) < 4.78 is 14.4. The van der Waals surface area contributed by atoms with Gasteiger partial charge in [-0.1, -0.05) is 73.5 Å². The second kappa shape index (κ2) is 14.0. The highest BCUT2D eigenvalue weighted by atomic mass is 32.1. The maximum atomic E-state index is 13.9. The Morgan fingerprint density at radius 3 is 1.18 bits per heavy atom. The summed E-state index contributed by atoms with van der Waals surface area (Å²) in [6.45, 7) is 0. The molecule has 2 fully saturated rings. The number of carbonyl (C=O) groups excluding carboxylic acids is 4. The predicted molar refractivity (Wildman–Crippen MR) is 256 cm³/mol. The largest absolute Gasteiger partial charge is 0.481 e. The van der Waals surface area contributed by atoms with Crippen LogP contribution < -0.4 is 0 Å². The highest BCUT2D eigenvalue weighted by molar-refractivity contribution is 7.14. The van der Waals surface area contributed by atoms with E-state index in [0.29, 0.717) is 32.3 Å². The van der Waals surface area contributed by atoms with Gasteiger partial charge in [-0.25, -0.2) is 9.97 Å². The number of carbonyl (C=O) groups is 4. The highest BCUT2D eigenvalue weighted by Gasteiger charge is 2.50. The van der Waals surface area contributed by atoms with E-state index in [1.54, 1.807) is 12.2 Å². The molecule has 10 heteroatoms. The molecule has 0 radical (unpaired) electrons. The molecule has 6 aliphatic carbocycles. The molecular weight excluding hydrogens is 861 g/mol. The van der Waals surface area contributed by atoms with Crippen molar-refractivity contribution >= 4 is 90.6 Å². The number of ether oxygens (including phenoxy) is 2. The monoisotopic (exact) mass is 900 g/mol. The van der Waals surface area contributed by atoms with Crippen LogP contribution in [0.15, 0.2) is 120 Å². The van der Waals surface area contributed by atoms with Crippen LogP contribution in [0, 0.1) is 11.8 Å². The average Bonchev–Trinajstić information content (AvgIpc) is 4.09. The molecule has 0 amide bonds. The fourth-order valence-corrected chi connectivity index (χ4v) is 14.2. The van der Waals surface area contributed by atoms with Gasteiger partial charge in [0, 0.05) is 45.2 Å². The van der Waals surface area contributed by atoms with Crippen molar-refractivity contribution in [2.24, 2.45) is 11.8 Å². The van der Waals surface area contributed by atoms with E-state index in [2.05, 4.69) is 24.3 Å². The lowest BCUT2D eigenvalue weighted by Crippen LogP contribution is -2.38. The summed E-state index contributed by atoms with van der Waals surface area (Å²) in [5.41, 5.74) is 4.69. The molecule has 66 heavy (non-hydrogen) atoms. The SMILES string of the molecule is O=C1C(=Cc2nc3c(s2)C2=CC4C=C5OC6(CCCCC6)c6nc(C=C7C(=O)c8cc9ccccc9cc8C7=O)sc6C5=CC4C=C2OC32CCCCC2)C(=O)c2cc3ccccc3cc21. The lowest BCUT2D eigenvalue weighted by Gasteiger charge is -2.45. The van der Waals surface area contributed by atoms with Gasteiger partial charge < -0.3 is 9.47 Å². The predicted octanol–water partition coefficient (Wildman–Crippen LogP) is 12.7. The third-order valence-electron chi connectivity index (χ3n) is 15.2. The van der Waals surface area contributed by atoms with E-state index >= 15 is 0 Å². The zero-order valence-corrected chi connectivity index (χ0v) is 37.4. The van der Waals surface area contributed by atoms with Gasteiger partial charge in [0.05, 0.1) is 20.9 Å². The van der Waals surface area contributed by atoms with E-state index < -0.39 is 11.2 Å². The first-order valence-electron chi connectivity index (χ1n) is 23.2. The lowest BCUT2D eigenvalue weighted by molar-refractivity contribution is -0.0374. The highest BCUT2D eigenvalue weighted by Crippen LogP contribution is 2.58. The number of allylic oxidation sites excluding steroid dienone is 8. The summed E-state index contributed by atoms with van der Waals surface area (Å²) in [7, 11) is 0. The van der Waals surface area contributed by atoms with Gasteiger partial charge in [0.25, 0.3) is 0 Å². The molecular formula is C56H40N2O6S2. The maximum absolute atomic E-state index is 13.9. The molecule has 0 N–H and O–H groups in total. The van der Waals surface area contributed by atoms with Crippen molar-refractivity contribution < 1.29 is 28.7 Å². The van der Waals surface area contributed by atoms with Crippen LogP contribution in [-0.2, 0) is 20.7 Å². The van der Waals surface area contributed by atoms with Crippen LogP contribution in [0.2, 0.25) is 0 Å². The van der Waals surface area contributed by atoms with Gasteiger partial charge in [0.2, 0.25) is 0 Å². The summed E-state index contributed by atoms with van der Waals surface area (Å²) in [6, 6.07) is 22.9. The van der Waals surface area contributed by atoms with Gasteiger partial charge in [-0.05, 0) is 121 Å². The Morgan fingerprint density at radius 1 is 0.485 bits per heavy atom. The topological polar surface area (TPSA) is 113 Å². The number of ketones is 4. The van der Waals surface area contributed by atoms with Gasteiger partial charge in [-0.2, -0.15) is 0 Å². The Labute approximate surface area is 387 Å². The molecule has 2 atom stereocenters. The fraction of sp³-hybridized carbons (Fsp3) is 0.250. The molecule has 14 rings (SSSR count). The Morgan fingerprint density at radius 2 is 0.833 bits per heavy atom. The Balaban J connectivity index is 0.840. The van der Waals surface area contributed by atoms with Crippen molar-refractivity contribution in [1.82, 2.24) is 9.97 Å². The summed E-state index contributed by atoms with van der Waals surface area (Å²) in [6.07, 6.45) is 22.2. The Bertz CT molecular complexity index is 3140. The van der Waals surface area contributed by atoms with Crippen LogP contribution in [0.3, 0.4) is 0 Å². The first-order chi connectivity index (χ1) is 32.2. The third-order valence-corrected chi connectivity index (χ3v) is 17.3. The van der Waals surface area contributed by atoms with Crippen molar-refractivity contribution in [2.75, 3.05) is 0 Å². The van der Waals surface area contributed by atoms with Gasteiger partial charge >= 0.3 is 0 Å². The Kier molecular flexibility index (Phi) is 8.17. The molecule has 8 aliphatic rings. The number of Topliss-reactive ketones (excluding diaryl/α,β-unsaturated/α-hetero) is 4. The van der Waals surface area contributed by atoms with Crippen molar-refractivity contribution in [3.05, 3.63) is 173 Å². The minimum atomic E-state index is -0.597. The number of rotatable bonds is 2. The zero-order valence-electron chi connectivity index (χ0n) is 35.8. The number of thiazole rings is 2. The van der Waals surface area contributed by atoms with Crippen LogP contribution in [0.5, 0.6) is 0 Å². The number of hydrogen-bond donors (Lipinski definition) is 0. The standard InChI is InChI=1S/C56H40N2O6S2/c59-47-35-19-29-11-3-4-12-30(29)20-36(35)48(60)41(47)27-45-57-53-51(65-45)39-23-34-26-44-40(24-33(34)25-43(39)63-55(53)15-7-1-8-16-55)52-54(56(64-44)17-9-2-10-18-56)58-46(66-52)28-42-49(61)37-21-31-13-5-6-14-32(31)22-38(37)50(42)62/h3-6,11-14,19-28,33-34H,1-2,7-10,15-18H2. The van der Waals surface area contributed by atoms with E-state index in [4.69, 9.17) is 19.4 Å². The quantitative estimate of drug-likeness (QED) is 0.125. The normalized spacial score (nSPS) is 22.8. The lowest BCUT2D eigenvalue weighted by atomic mass is 9.73. The van der Waals surface area contributed by atoms with Crippen LogP contribution in [0.25, 0.3) is 44.8 Å². The summed E-state index contributed by atoms with van der Waals surface area (Å²) in [5.74, 6) is 0.602. The summed E-state index contributed by atoms with van der Waals surface area (Å²) >= 11 is 3.07. The van der Waals surface area contributed by atoms with Crippen LogP contribution in [0.4, 0.5) is 0 Å². The average molecular weight is 901 g/mol. The molecule has 2 aliphatic heterocycles. The number of hydrogen-bond acceptors (Lipinski definition) is 10. The number of benzene rings is 4. The van der Waals surface area contributed by atoms with Gasteiger partial charge in [0.1, 0.15) is 32.9 Å². The molecule has 6 aromatic rings. The molecule has 4 heterocycles. The second-order valence-electron chi connectivity index (χ2n) is 19.1. The molecule has 4 aromatic carbocycles. The van der Waals surface area contributed by atoms with E-state index in [-0.39, 0.29) is 46.1 Å². The van der Waals surface area contributed by atoms with E-state index in [9.17, 15) is 19.2 Å². The zero-order chi connectivity index (χ0) is 44.1. The summed E-state index contributed by atoms with van der Waals surface area (Å²) in [5, 5.41) is 4.98. The van der Waals surface area contributed by atoms with Crippen LogP contribution >= 0.6 is 22.7 Å².